The summed E-state index contributed by atoms with van der Waals surface area (Å²) >= 11 is 15.9. The number of nitrogens with zero attached hydrogens (tertiary/aromatic N) is 3. The molecule has 0 N–H and O–H groups in total. The quantitative estimate of drug-likeness (QED) is 0.223. The topological polar surface area (TPSA) is 65.7 Å². The lowest BCUT2D eigenvalue weighted by atomic mass is 9.95. The SMILES string of the molecule is COc1cc(C=Nn2c(C(C)(C)C)nc3ccc(Br)cc3c2=O)cc(Cl)c1OCc1ccc(Cl)cc1. The highest BCUT2D eigenvalue weighted by molar-refractivity contribution is 9.10. The molecule has 0 radical (unpaired) electrons. The molecule has 0 saturated carbocycles. The molecule has 0 spiro atoms. The molecule has 0 unspecified atom stereocenters. The molecule has 0 fully saturated rings. The predicted octanol–water partition coefficient (Wildman–Crippen LogP) is 7.23. The van der Waals surface area contributed by atoms with Crippen LogP contribution < -0.4 is 15.0 Å². The molecule has 0 saturated heterocycles. The first-order chi connectivity index (χ1) is 17.1. The van der Waals surface area contributed by atoms with Gasteiger partial charge in [-0.3, -0.25) is 4.79 Å². The average molecular weight is 589 g/mol. The summed E-state index contributed by atoms with van der Waals surface area (Å²) in [6.07, 6.45) is 1.56. The Kier molecular flexibility index (Phi) is 7.73. The van der Waals surface area contributed by atoms with Gasteiger partial charge in [0.05, 0.1) is 29.2 Å². The first-order valence-corrected chi connectivity index (χ1v) is 12.6. The zero-order valence-corrected chi connectivity index (χ0v) is 23.3. The molecule has 3 aromatic carbocycles. The van der Waals surface area contributed by atoms with Gasteiger partial charge in [0, 0.05) is 14.9 Å². The van der Waals surface area contributed by atoms with E-state index in [1.165, 1.54) is 11.8 Å². The predicted molar refractivity (Wildman–Crippen MR) is 149 cm³/mol. The highest BCUT2D eigenvalue weighted by atomic mass is 79.9. The van der Waals surface area contributed by atoms with Gasteiger partial charge in [-0.2, -0.15) is 9.78 Å². The smallest absolute Gasteiger partial charge is 0.282 e. The maximum atomic E-state index is 13.4. The van der Waals surface area contributed by atoms with E-state index in [4.69, 9.17) is 37.7 Å². The maximum Gasteiger partial charge on any atom is 0.282 e. The number of fused-ring (bicyclic) bond motifs is 1. The van der Waals surface area contributed by atoms with Crippen molar-refractivity contribution >= 4 is 56.2 Å². The molecule has 0 aliphatic heterocycles. The number of hydrogen-bond donors (Lipinski definition) is 0. The number of halogens is 3. The van der Waals surface area contributed by atoms with Crippen molar-refractivity contribution in [2.45, 2.75) is 32.8 Å². The van der Waals surface area contributed by atoms with Crippen LogP contribution in [0.5, 0.6) is 11.5 Å². The Hall–Kier alpha value is -2.87. The van der Waals surface area contributed by atoms with Gasteiger partial charge in [0.1, 0.15) is 12.4 Å². The third-order valence-corrected chi connectivity index (χ3v) is 6.38. The van der Waals surface area contributed by atoms with Gasteiger partial charge in [-0.05, 0) is 53.6 Å². The molecule has 0 amide bonds. The minimum absolute atomic E-state index is 0.261. The fourth-order valence-electron chi connectivity index (χ4n) is 3.56. The van der Waals surface area contributed by atoms with Crippen molar-refractivity contribution < 1.29 is 9.47 Å². The third kappa shape index (κ3) is 5.75. The van der Waals surface area contributed by atoms with Crippen LogP contribution in [-0.4, -0.2) is 23.0 Å². The monoisotopic (exact) mass is 587 g/mol. The summed E-state index contributed by atoms with van der Waals surface area (Å²) < 4.78 is 13.6. The number of benzene rings is 3. The molecule has 0 aliphatic carbocycles. The molecule has 186 valence electrons. The second-order valence-electron chi connectivity index (χ2n) is 9.16. The standard InChI is InChI=1S/C27H24BrCl2N3O3/c1-27(2,3)26-32-22-10-7-18(28)13-20(22)25(34)33(26)31-14-17-11-21(30)24(23(12-17)35-4)36-15-16-5-8-19(29)9-6-16/h5-14H,15H2,1-4H3. The molecule has 36 heavy (non-hydrogen) atoms. The van der Waals surface area contributed by atoms with Gasteiger partial charge in [0.25, 0.3) is 5.56 Å². The van der Waals surface area contributed by atoms with E-state index in [1.807, 2.05) is 45.0 Å². The summed E-state index contributed by atoms with van der Waals surface area (Å²) in [5.74, 6) is 1.40. The normalized spacial score (nSPS) is 11.9. The van der Waals surface area contributed by atoms with Crippen molar-refractivity contribution in [1.29, 1.82) is 0 Å². The second kappa shape index (κ2) is 10.6. The highest BCUT2D eigenvalue weighted by Gasteiger charge is 2.23. The lowest BCUT2D eigenvalue weighted by Gasteiger charge is -2.21. The molecular formula is C27H24BrCl2N3O3. The van der Waals surface area contributed by atoms with Gasteiger partial charge in [-0.25, -0.2) is 4.98 Å². The highest BCUT2D eigenvalue weighted by Crippen LogP contribution is 2.36. The molecular weight excluding hydrogens is 565 g/mol. The van der Waals surface area contributed by atoms with Crippen LogP contribution in [0.4, 0.5) is 0 Å². The van der Waals surface area contributed by atoms with E-state index >= 15 is 0 Å². The molecule has 1 aromatic heterocycles. The van der Waals surface area contributed by atoms with Crippen molar-refractivity contribution in [1.82, 2.24) is 9.66 Å². The van der Waals surface area contributed by atoms with Crippen LogP contribution >= 0.6 is 39.1 Å². The summed E-state index contributed by atoms with van der Waals surface area (Å²) in [5.41, 5.74) is 1.51. The fourth-order valence-corrected chi connectivity index (χ4v) is 4.32. The molecule has 1 heterocycles. The zero-order valence-electron chi connectivity index (χ0n) is 20.2. The van der Waals surface area contributed by atoms with E-state index in [0.717, 1.165) is 10.0 Å². The zero-order chi connectivity index (χ0) is 26.0. The van der Waals surface area contributed by atoms with Crippen LogP contribution in [0.25, 0.3) is 10.9 Å². The van der Waals surface area contributed by atoms with E-state index in [0.29, 0.717) is 50.4 Å². The summed E-state index contributed by atoms with van der Waals surface area (Å²) in [5, 5.41) is 5.98. The van der Waals surface area contributed by atoms with E-state index in [9.17, 15) is 4.79 Å². The van der Waals surface area contributed by atoms with Gasteiger partial charge < -0.3 is 9.47 Å². The van der Waals surface area contributed by atoms with Crippen molar-refractivity contribution in [3.63, 3.8) is 0 Å². The molecule has 4 rings (SSSR count). The van der Waals surface area contributed by atoms with Gasteiger partial charge >= 0.3 is 0 Å². The minimum Gasteiger partial charge on any atom is -0.493 e. The number of rotatable bonds is 6. The lowest BCUT2D eigenvalue weighted by molar-refractivity contribution is 0.284. The summed E-state index contributed by atoms with van der Waals surface area (Å²) in [6.45, 7) is 6.25. The van der Waals surface area contributed by atoms with Gasteiger partial charge in [-0.15, -0.1) is 0 Å². The summed E-state index contributed by atoms with van der Waals surface area (Å²) in [4.78, 5) is 18.1. The summed E-state index contributed by atoms with van der Waals surface area (Å²) in [7, 11) is 1.54. The van der Waals surface area contributed by atoms with Crippen LogP contribution in [0.15, 0.2) is 69.0 Å². The molecule has 0 atom stereocenters. The Morgan fingerprint density at radius 1 is 1.08 bits per heavy atom. The van der Waals surface area contributed by atoms with Crippen LogP contribution in [0.1, 0.15) is 37.7 Å². The van der Waals surface area contributed by atoms with Gasteiger partial charge in [0.2, 0.25) is 0 Å². The average Bonchev–Trinajstić information content (AvgIpc) is 2.83. The van der Waals surface area contributed by atoms with E-state index in [2.05, 4.69) is 21.0 Å². The summed E-state index contributed by atoms with van der Waals surface area (Å²) in [6, 6.07) is 16.2. The Morgan fingerprint density at radius 2 is 1.81 bits per heavy atom. The second-order valence-corrected chi connectivity index (χ2v) is 10.9. The maximum absolute atomic E-state index is 13.4. The van der Waals surface area contributed by atoms with Gasteiger partial charge in [-0.1, -0.05) is 72.0 Å². The Morgan fingerprint density at radius 3 is 2.47 bits per heavy atom. The van der Waals surface area contributed by atoms with Crippen LogP contribution in [0.2, 0.25) is 10.0 Å². The number of methoxy groups -OCH3 is 1. The Balaban J connectivity index is 1.71. The molecule has 6 nitrogen and oxygen atoms in total. The van der Waals surface area contributed by atoms with Crippen LogP contribution in [0, 0.1) is 0 Å². The fraction of sp³-hybridized carbons (Fsp3) is 0.222. The molecule has 4 aromatic rings. The first-order valence-electron chi connectivity index (χ1n) is 11.1. The number of ether oxygens (including phenoxy) is 2. The Labute approximate surface area is 227 Å². The van der Waals surface area contributed by atoms with Crippen molar-refractivity contribution in [2.75, 3.05) is 7.11 Å². The first kappa shape index (κ1) is 26.2. The molecule has 0 aliphatic rings. The molecule has 0 bridgehead atoms. The minimum atomic E-state index is -0.424. The lowest BCUT2D eigenvalue weighted by Crippen LogP contribution is -2.29. The van der Waals surface area contributed by atoms with E-state index < -0.39 is 5.41 Å². The Bertz CT molecular complexity index is 1510. The third-order valence-electron chi connectivity index (χ3n) is 5.35. The van der Waals surface area contributed by atoms with Crippen molar-refractivity contribution in [3.05, 3.63) is 96.4 Å². The molecule has 9 heteroatoms. The largest absolute Gasteiger partial charge is 0.493 e. The van der Waals surface area contributed by atoms with E-state index in [-0.39, 0.29) is 5.56 Å². The van der Waals surface area contributed by atoms with Gasteiger partial charge in [0.15, 0.2) is 11.5 Å². The van der Waals surface area contributed by atoms with Crippen molar-refractivity contribution in [2.24, 2.45) is 5.10 Å². The van der Waals surface area contributed by atoms with Crippen LogP contribution in [0.3, 0.4) is 0 Å². The van der Waals surface area contributed by atoms with E-state index in [1.54, 1.807) is 36.5 Å². The van der Waals surface area contributed by atoms with Crippen molar-refractivity contribution in [3.8, 4) is 11.5 Å². The number of hydrogen-bond acceptors (Lipinski definition) is 5. The van der Waals surface area contributed by atoms with Crippen LogP contribution in [-0.2, 0) is 12.0 Å². The number of aromatic nitrogens is 2.